The molecule has 0 spiro atoms. The average molecular weight is 417 g/mol. The highest BCUT2D eigenvalue weighted by Gasteiger charge is 2.34. The van der Waals surface area contributed by atoms with Gasteiger partial charge in [-0.15, -0.1) is 10.2 Å². The zero-order valence-electron chi connectivity index (χ0n) is 16.9. The largest absolute Gasteiger partial charge is 0.367 e. The molecule has 0 unspecified atom stereocenters. The van der Waals surface area contributed by atoms with Crippen LogP contribution in [0.4, 0.5) is 23.0 Å². The summed E-state index contributed by atoms with van der Waals surface area (Å²) in [5, 5.41) is 17.3. The molecule has 1 atom stereocenters. The van der Waals surface area contributed by atoms with Gasteiger partial charge in [0.05, 0.1) is 17.8 Å². The molecule has 31 heavy (non-hydrogen) atoms. The highest BCUT2D eigenvalue weighted by molar-refractivity contribution is 6.00. The number of hydrogen-bond acceptors (Lipinski definition) is 7. The molecule has 0 bridgehead atoms. The maximum absolute atomic E-state index is 12.4. The Morgan fingerprint density at radius 2 is 1.81 bits per heavy atom. The fourth-order valence-corrected chi connectivity index (χ4v) is 3.34. The van der Waals surface area contributed by atoms with Crippen LogP contribution in [0.3, 0.4) is 0 Å². The third kappa shape index (κ3) is 5.33. The van der Waals surface area contributed by atoms with Crippen LogP contribution in [-0.2, 0) is 9.59 Å². The molecule has 3 N–H and O–H groups in total. The van der Waals surface area contributed by atoms with E-state index in [-0.39, 0.29) is 24.2 Å². The van der Waals surface area contributed by atoms with Crippen molar-refractivity contribution in [3.63, 3.8) is 0 Å². The zero-order valence-corrected chi connectivity index (χ0v) is 16.9. The number of amides is 2. The van der Waals surface area contributed by atoms with E-state index in [9.17, 15) is 9.59 Å². The summed E-state index contributed by atoms with van der Waals surface area (Å²) in [6.45, 7) is 1.32. The van der Waals surface area contributed by atoms with E-state index in [0.717, 1.165) is 11.4 Å². The zero-order chi connectivity index (χ0) is 21.5. The molecule has 4 rings (SSSR count). The first-order valence-corrected chi connectivity index (χ1v) is 10.1. The van der Waals surface area contributed by atoms with Crippen LogP contribution in [0, 0.1) is 5.92 Å². The minimum atomic E-state index is -0.342. The Balaban J connectivity index is 1.19. The van der Waals surface area contributed by atoms with Crippen LogP contribution in [0.2, 0.25) is 0 Å². The quantitative estimate of drug-likeness (QED) is 0.482. The first-order chi connectivity index (χ1) is 15.2. The maximum atomic E-state index is 12.4. The Morgan fingerprint density at radius 1 is 1.00 bits per heavy atom. The van der Waals surface area contributed by atoms with Crippen molar-refractivity contribution < 1.29 is 9.59 Å². The molecule has 1 aliphatic rings. The predicted octanol–water partition coefficient (Wildman–Crippen LogP) is 2.20. The number of pyridine rings is 1. The summed E-state index contributed by atoms with van der Waals surface area (Å²) < 4.78 is 0. The monoisotopic (exact) mass is 417 g/mol. The normalized spacial score (nSPS) is 15.5. The molecule has 0 aliphatic carbocycles. The Hall–Kier alpha value is -4.01. The predicted molar refractivity (Wildman–Crippen MR) is 118 cm³/mol. The van der Waals surface area contributed by atoms with Crippen molar-refractivity contribution in [2.45, 2.75) is 6.42 Å². The second kappa shape index (κ2) is 9.66. The van der Waals surface area contributed by atoms with Crippen LogP contribution < -0.4 is 20.9 Å². The molecule has 3 aromatic rings. The second-order valence-corrected chi connectivity index (χ2v) is 7.13. The first kappa shape index (κ1) is 20.3. The highest BCUT2D eigenvalue weighted by Crippen LogP contribution is 2.24. The first-order valence-electron chi connectivity index (χ1n) is 10.1. The van der Waals surface area contributed by atoms with Crippen molar-refractivity contribution in [3.05, 3.63) is 67.0 Å². The lowest BCUT2D eigenvalue weighted by Gasteiger charge is -2.16. The summed E-state index contributed by atoms with van der Waals surface area (Å²) >= 11 is 0. The minimum absolute atomic E-state index is 0.0280. The number of carbonyl (C=O) groups is 2. The van der Waals surface area contributed by atoms with E-state index >= 15 is 0 Å². The molecule has 158 valence electrons. The average Bonchev–Trinajstić information content (AvgIpc) is 3.21. The Bertz CT molecular complexity index is 1010. The molecule has 9 nitrogen and oxygen atoms in total. The van der Waals surface area contributed by atoms with Gasteiger partial charge in [0.15, 0.2) is 5.82 Å². The van der Waals surface area contributed by atoms with E-state index in [4.69, 9.17) is 0 Å². The fraction of sp³-hybridized carbons (Fsp3) is 0.227. The van der Waals surface area contributed by atoms with Crippen molar-refractivity contribution in [1.29, 1.82) is 0 Å². The van der Waals surface area contributed by atoms with Crippen LogP contribution >= 0.6 is 0 Å². The number of aromatic nitrogens is 3. The number of nitrogens with one attached hydrogen (secondary N) is 3. The fourth-order valence-electron chi connectivity index (χ4n) is 3.34. The van der Waals surface area contributed by atoms with Gasteiger partial charge in [0.1, 0.15) is 5.82 Å². The van der Waals surface area contributed by atoms with Gasteiger partial charge in [-0.05, 0) is 36.4 Å². The second-order valence-electron chi connectivity index (χ2n) is 7.13. The van der Waals surface area contributed by atoms with E-state index in [1.807, 2.05) is 48.5 Å². The molecular formula is C22H23N7O2. The molecule has 1 aromatic carbocycles. The summed E-state index contributed by atoms with van der Waals surface area (Å²) in [5.41, 5.74) is 1.65. The smallest absolute Gasteiger partial charge is 0.227 e. The molecule has 2 amide bonds. The summed E-state index contributed by atoms with van der Waals surface area (Å²) in [7, 11) is 0. The van der Waals surface area contributed by atoms with Crippen LogP contribution in [0.25, 0.3) is 0 Å². The molecule has 1 aliphatic heterocycles. The van der Waals surface area contributed by atoms with E-state index in [1.54, 1.807) is 23.4 Å². The van der Waals surface area contributed by atoms with Crippen molar-refractivity contribution >= 4 is 34.8 Å². The molecular weight excluding hydrogens is 394 g/mol. The van der Waals surface area contributed by atoms with Gasteiger partial charge in [-0.25, -0.2) is 0 Å². The SMILES string of the molecule is O=C(NCCNc1ccc(Nc2cccnc2)nn1)[C@H]1CC(=O)N(c2ccccc2)C1. The Morgan fingerprint density at radius 3 is 2.55 bits per heavy atom. The van der Waals surface area contributed by atoms with Gasteiger partial charge in [-0.1, -0.05) is 18.2 Å². The van der Waals surface area contributed by atoms with Gasteiger partial charge in [-0.2, -0.15) is 0 Å². The van der Waals surface area contributed by atoms with Crippen molar-refractivity contribution in [2.75, 3.05) is 35.2 Å². The summed E-state index contributed by atoms with van der Waals surface area (Å²) in [4.78, 5) is 30.4. The van der Waals surface area contributed by atoms with Crippen LogP contribution in [0.5, 0.6) is 0 Å². The van der Waals surface area contributed by atoms with Gasteiger partial charge in [0, 0.05) is 37.9 Å². The standard InChI is InChI=1S/C22H23N7O2/c30-21-13-16(15-29(21)18-6-2-1-3-7-18)22(31)25-12-11-24-19-8-9-20(28-27-19)26-17-5-4-10-23-14-17/h1-10,14,16H,11-13,15H2,(H,24,27)(H,25,31)(H,26,28)/t16-/m0/s1. The van der Waals surface area contributed by atoms with E-state index in [2.05, 4.69) is 31.1 Å². The maximum Gasteiger partial charge on any atom is 0.227 e. The summed E-state index contributed by atoms with van der Waals surface area (Å²) in [6, 6.07) is 16.8. The third-order valence-corrected chi connectivity index (χ3v) is 4.89. The number of benzene rings is 1. The molecule has 3 heterocycles. The number of carbonyl (C=O) groups excluding carboxylic acids is 2. The Kier molecular flexibility index (Phi) is 6.32. The number of hydrogen-bond donors (Lipinski definition) is 3. The van der Waals surface area contributed by atoms with Gasteiger partial charge >= 0.3 is 0 Å². The molecule has 1 saturated heterocycles. The van der Waals surface area contributed by atoms with Crippen molar-refractivity contribution in [2.24, 2.45) is 5.92 Å². The van der Waals surface area contributed by atoms with E-state index in [1.165, 1.54) is 0 Å². The summed E-state index contributed by atoms with van der Waals surface area (Å²) in [6.07, 6.45) is 3.63. The van der Waals surface area contributed by atoms with Gasteiger partial charge in [0.25, 0.3) is 0 Å². The van der Waals surface area contributed by atoms with Gasteiger partial charge in [-0.3, -0.25) is 14.6 Å². The van der Waals surface area contributed by atoms with E-state index < -0.39 is 0 Å². The molecule has 2 aromatic heterocycles. The highest BCUT2D eigenvalue weighted by atomic mass is 16.2. The molecule has 0 radical (unpaired) electrons. The number of rotatable bonds is 8. The summed E-state index contributed by atoms with van der Waals surface area (Å²) in [5.74, 6) is 0.735. The van der Waals surface area contributed by atoms with Crippen molar-refractivity contribution in [1.82, 2.24) is 20.5 Å². The molecule has 0 saturated carbocycles. The van der Waals surface area contributed by atoms with Crippen molar-refractivity contribution in [3.8, 4) is 0 Å². The van der Waals surface area contributed by atoms with Crippen LogP contribution in [-0.4, -0.2) is 46.6 Å². The number of para-hydroxylation sites is 1. The molecule has 9 heteroatoms. The lowest BCUT2D eigenvalue weighted by atomic mass is 10.1. The lowest BCUT2D eigenvalue weighted by molar-refractivity contribution is -0.126. The third-order valence-electron chi connectivity index (χ3n) is 4.89. The van der Waals surface area contributed by atoms with Gasteiger partial charge < -0.3 is 20.9 Å². The Labute approximate surface area is 179 Å². The topological polar surface area (TPSA) is 112 Å². The van der Waals surface area contributed by atoms with Gasteiger partial charge in [0.2, 0.25) is 11.8 Å². The molecule has 1 fully saturated rings. The number of anilines is 4. The van der Waals surface area contributed by atoms with Crippen LogP contribution in [0.1, 0.15) is 6.42 Å². The minimum Gasteiger partial charge on any atom is -0.367 e. The lowest BCUT2D eigenvalue weighted by Crippen LogP contribution is -2.35. The van der Waals surface area contributed by atoms with Crippen LogP contribution in [0.15, 0.2) is 67.0 Å². The van der Waals surface area contributed by atoms with E-state index in [0.29, 0.717) is 31.3 Å². The number of nitrogens with zero attached hydrogens (tertiary/aromatic N) is 4.